The van der Waals surface area contributed by atoms with E-state index in [9.17, 15) is 24.6 Å². The molecule has 2 N–H and O–H groups in total. The molecule has 1 spiro atoms. The second-order valence-electron chi connectivity index (χ2n) is 15.3. The Balaban J connectivity index is 1.33. The molecule has 0 aliphatic carbocycles. The van der Waals surface area contributed by atoms with Crippen LogP contribution in [0.4, 0.5) is 4.79 Å². The third kappa shape index (κ3) is 8.84. The largest absolute Gasteiger partial charge is 0.509 e. The van der Waals surface area contributed by atoms with Crippen molar-refractivity contribution in [3.63, 3.8) is 0 Å². The number of hydrogen-bond donors (Lipinski definition) is 2. The van der Waals surface area contributed by atoms with Gasteiger partial charge in [-0.15, -0.1) is 0 Å². The Labute approximate surface area is 305 Å². The van der Waals surface area contributed by atoms with E-state index in [4.69, 9.17) is 47.4 Å². The first kappa shape index (κ1) is 41.0. The lowest BCUT2D eigenvalue weighted by molar-refractivity contribution is -0.308. The zero-order chi connectivity index (χ0) is 38.1. The van der Waals surface area contributed by atoms with Gasteiger partial charge in [0.15, 0.2) is 18.2 Å². The Kier molecular flexibility index (Phi) is 13.4. The molecule has 0 amide bonds. The molecule has 52 heavy (non-hydrogen) atoms. The molecule has 5 rings (SSSR count). The average Bonchev–Trinajstić information content (AvgIpc) is 3.79. The lowest BCUT2D eigenvalue weighted by Crippen LogP contribution is -2.62. The molecule has 5 aliphatic heterocycles. The summed E-state index contributed by atoms with van der Waals surface area (Å²) in [6.07, 6.45) is -5.57. The number of cyclic esters (lactones) is 2. The molecule has 4 saturated heterocycles. The minimum absolute atomic E-state index is 0.0832. The summed E-state index contributed by atoms with van der Waals surface area (Å²) in [5, 5.41) is 22.0. The molecule has 15 nitrogen and oxygen atoms in total. The molecule has 0 aromatic carbocycles. The zero-order valence-electron chi connectivity index (χ0n) is 31.7. The predicted octanol–water partition coefficient (Wildman–Crippen LogP) is 2.85. The Hall–Kier alpha value is -2.21. The van der Waals surface area contributed by atoms with E-state index in [2.05, 4.69) is 0 Å². The van der Waals surface area contributed by atoms with Crippen LogP contribution in [-0.2, 0) is 57.0 Å². The summed E-state index contributed by atoms with van der Waals surface area (Å²) >= 11 is 0. The Morgan fingerprint density at radius 2 is 1.58 bits per heavy atom. The molecule has 296 valence electrons. The zero-order valence-corrected chi connectivity index (χ0v) is 31.7. The van der Waals surface area contributed by atoms with Crippen LogP contribution in [0, 0.1) is 23.7 Å². The van der Waals surface area contributed by atoms with Crippen LogP contribution in [0.1, 0.15) is 74.1 Å². The minimum Gasteiger partial charge on any atom is -0.459 e. The minimum atomic E-state index is -1.35. The van der Waals surface area contributed by atoms with Crippen molar-refractivity contribution in [2.24, 2.45) is 23.7 Å². The van der Waals surface area contributed by atoms with Gasteiger partial charge in [0.05, 0.1) is 37.1 Å². The van der Waals surface area contributed by atoms with E-state index < -0.39 is 97.1 Å². The summed E-state index contributed by atoms with van der Waals surface area (Å²) in [7, 11) is 2.97. The number of aliphatic hydroxyl groups excluding tert-OH is 2. The number of carbonyl (C=O) groups excluding carboxylic acids is 3. The van der Waals surface area contributed by atoms with Crippen LogP contribution in [0.5, 0.6) is 0 Å². The number of hydrogen-bond acceptors (Lipinski definition) is 15. The average molecular weight is 743 g/mol. The Morgan fingerprint density at radius 3 is 2.23 bits per heavy atom. The van der Waals surface area contributed by atoms with E-state index in [0.717, 1.165) is 0 Å². The Bertz CT molecular complexity index is 1280. The second-order valence-corrected chi connectivity index (χ2v) is 15.3. The van der Waals surface area contributed by atoms with Crippen molar-refractivity contribution in [3.8, 4) is 0 Å². The highest BCUT2D eigenvalue weighted by Crippen LogP contribution is 2.43. The van der Waals surface area contributed by atoms with Crippen LogP contribution in [-0.4, -0.2) is 134 Å². The maximum absolute atomic E-state index is 13.4. The highest BCUT2D eigenvalue weighted by Gasteiger charge is 2.61. The Morgan fingerprint density at radius 1 is 0.865 bits per heavy atom. The third-order valence-electron chi connectivity index (χ3n) is 11.5. The molecule has 4 fully saturated rings. The van der Waals surface area contributed by atoms with Crippen LogP contribution in [0.15, 0.2) is 12.2 Å². The van der Waals surface area contributed by atoms with Gasteiger partial charge >= 0.3 is 12.1 Å². The van der Waals surface area contributed by atoms with E-state index in [1.54, 1.807) is 33.8 Å². The number of epoxide rings is 1. The third-order valence-corrected chi connectivity index (χ3v) is 11.5. The van der Waals surface area contributed by atoms with Gasteiger partial charge < -0.3 is 57.6 Å². The fourth-order valence-corrected chi connectivity index (χ4v) is 8.32. The molecular weight excluding hydrogens is 684 g/mol. The summed E-state index contributed by atoms with van der Waals surface area (Å²) in [6, 6.07) is 0. The van der Waals surface area contributed by atoms with Crippen LogP contribution >= 0.6 is 0 Å². The lowest BCUT2D eigenvalue weighted by atomic mass is 9.82. The molecule has 18 atom stereocenters. The number of carbonyl (C=O) groups is 3. The first-order valence-corrected chi connectivity index (χ1v) is 18.6. The number of methoxy groups -OCH3 is 2. The molecule has 0 unspecified atom stereocenters. The monoisotopic (exact) mass is 742 g/mol. The van der Waals surface area contributed by atoms with Crippen LogP contribution in [0.2, 0.25) is 0 Å². The molecule has 0 saturated carbocycles. The van der Waals surface area contributed by atoms with Crippen molar-refractivity contribution in [3.05, 3.63) is 12.2 Å². The number of Topliss-reactive ketones (excluding diaryl/α,β-unsaturated/α-hetero) is 1. The maximum Gasteiger partial charge on any atom is 0.509 e. The standard InChI is InChI=1S/C37H58O15/c1-17-10-13-27(39)47-21(5)24(16-45-34-32(44-9)31(43-8)28(40)22(6)48-34)30-26(50-30)12-11-25(38)18(2)14-19(3)29(17)51-35-33(41)37(15-20(4)46-35)23(7)49-36(42)52-37/h10,13,17-24,26,28-35,40-41H,11-12,14-16H2,1-9H3/b13-10-/t17-,18+,19-,20+,21+,22+,23-,24+,26-,28+,29+,30-,31+,32+,33-,34+,35-,37-/m0/s1. The summed E-state index contributed by atoms with van der Waals surface area (Å²) in [5.74, 6) is -1.81. The number of ether oxygens (including phenoxy) is 10. The highest BCUT2D eigenvalue weighted by atomic mass is 16.8. The lowest BCUT2D eigenvalue weighted by Gasteiger charge is -2.46. The van der Waals surface area contributed by atoms with E-state index in [-0.39, 0.29) is 42.9 Å². The predicted molar refractivity (Wildman–Crippen MR) is 181 cm³/mol. The van der Waals surface area contributed by atoms with Crippen molar-refractivity contribution in [1.82, 2.24) is 0 Å². The van der Waals surface area contributed by atoms with Gasteiger partial charge in [-0.2, -0.15) is 0 Å². The smallest absolute Gasteiger partial charge is 0.459 e. The van der Waals surface area contributed by atoms with Crippen LogP contribution in [0.25, 0.3) is 0 Å². The number of fused-ring (bicyclic) bond motifs is 1. The van der Waals surface area contributed by atoms with Crippen LogP contribution < -0.4 is 0 Å². The normalized spacial score (nSPS) is 48.4. The van der Waals surface area contributed by atoms with Crippen molar-refractivity contribution >= 4 is 17.9 Å². The summed E-state index contributed by atoms with van der Waals surface area (Å²) in [6.45, 7) is 12.8. The molecule has 0 bridgehead atoms. The summed E-state index contributed by atoms with van der Waals surface area (Å²) < 4.78 is 58.6. The van der Waals surface area contributed by atoms with E-state index in [0.29, 0.717) is 19.3 Å². The van der Waals surface area contributed by atoms with Gasteiger partial charge in [0.2, 0.25) is 0 Å². The van der Waals surface area contributed by atoms with Crippen molar-refractivity contribution < 1.29 is 72.0 Å². The molecule has 0 radical (unpaired) electrons. The number of ketones is 1. The topological polar surface area (TPSA) is 187 Å². The molecule has 5 aliphatic rings. The fraction of sp³-hybridized carbons (Fsp3) is 0.865. The van der Waals surface area contributed by atoms with E-state index >= 15 is 0 Å². The van der Waals surface area contributed by atoms with Gasteiger partial charge in [0.25, 0.3) is 0 Å². The van der Waals surface area contributed by atoms with Gasteiger partial charge in [0.1, 0.15) is 42.4 Å². The van der Waals surface area contributed by atoms with Crippen LogP contribution in [0.3, 0.4) is 0 Å². The van der Waals surface area contributed by atoms with E-state index in [1.807, 2.05) is 20.8 Å². The molecule has 0 aromatic heterocycles. The van der Waals surface area contributed by atoms with Crippen molar-refractivity contribution in [2.45, 2.75) is 159 Å². The van der Waals surface area contributed by atoms with E-state index in [1.165, 1.54) is 20.3 Å². The first-order chi connectivity index (χ1) is 24.6. The van der Waals surface area contributed by atoms with Gasteiger partial charge in [-0.05, 0) is 46.5 Å². The SMILES string of the molecule is CO[C@@H]1[C@H](O)[C@@H](C)O[C@@H](OC[C@H]2[C@@H]3O[C@H]3CCC(=O)[C@H](C)C[C@H](C)[C@H](O[C@@H]3O[C@H](C)C[C@@]4(OC(=O)O[C@H]4C)[C@H]3O)[C@@H](C)/C=C\C(=O)O[C@@H]2C)[C@@H]1OC. The summed E-state index contributed by atoms with van der Waals surface area (Å²) in [4.78, 5) is 38.8. The number of esters is 1. The van der Waals surface area contributed by atoms with Gasteiger partial charge in [-0.1, -0.05) is 26.8 Å². The highest BCUT2D eigenvalue weighted by molar-refractivity contribution is 5.82. The molecular formula is C37H58O15. The maximum atomic E-state index is 13.4. The second kappa shape index (κ2) is 17.1. The fourth-order valence-electron chi connectivity index (χ4n) is 8.32. The molecule has 15 heteroatoms. The van der Waals surface area contributed by atoms with Crippen molar-refractivity contribution in [1.29, 1.82) is 0 Å². The molecule has 5 heterocycles. The first-order valence-electron chi connectivity index (χ1n) is 18.6. The molecule has 0 aromatic rings. The van der Waals surface area contributed by atoms with Gasteiger partial charge in [-0.3, -0.25) is 4.79 Å². The van der Waals surface area contributed by atoms with Crippen molar-refractivity contribution in [2.75, 3.05) is 20.8 Å². The number of aliphatic hydroxyl groups is 2. The number of rotatable bonds is 7. The van der Waals surface area contributed by atoms with Gasteiger partial charge in [0, 0.05) is 50.9 Å². The summed E-state index contributed by atoms with van der Waals surface area (Å²) in [5.41, 5.74) is -1.34. The van der Waals surface area contributed by atoms with Gasteiger partial charge in [-0.25, -0.2) is 9.59 Å². The quantitative estimate of drug-likeness (QED) is 0.286.